The molecule has 0 fully saturated rings. The van der Waals surface area contributed by atoms with E-state index < -0.39 is 5.82 Å². The summed E-state index contributed by atoms with van der Waals surface area (Å²) in [4.78, 5) is 23.9. The van der Waals surface area contributed by atoms with Crippen molar-refractivity contribution in [2.75, 3.05) is 11.1 Å². The molecule has 27 heavy (non-hydrogen) atoms. The molecule has 0 saturated carbocycles. The number of amides is 1. The average Bonchev–Trinajstić information content (AvgIpc) is 2.98. The Morgan fingerprint density at radius 1 is 1.37 bits per heavy atom. The number of anilines is 1. The number of aryl methyl sites for hydroxylation is 2. The van der Waals surface area contributed by atoms with E-state index in [-0.39, 0.29) is 17.3 Å². The number of thioether (sulfide) groups is 1. The molecule has 1 unspecified atom stereocenters. The standard InChI is InChI=1S/C20H20FN3OS2/c1-11-7-8-13-16(9-11)27-20-18(13)19(22-12(2)23-20)26-10-17(25)24-15-6-4-3-5-14(15)21/h3-6,11H,7-10H2,1-2H3,(H,24,25). The molecule has 0 bridgehead atoms. The number of hydrogen-bond acceptors (Lipinski definition) is 5. The van der Waals surface area contributed by atoms with E-state index in [9.17, 15) is 9.18 Å². The molecule has 1 aliphatic carbocycles. The third-order valence-electron chi connectivity index (χ3n) is 4.72. The Bertz CT molecular complexity index is 1020. The predicted molar refractivity (Wildman–Crippen MR) is 109 cm³/mol. The number of aromatic nitrogens is 2. The molecule has 1 amide bonds. The Morgan fingerprint density at radius 3 is 3.00 bits per heavy atom. The molecule has 2 aromatic heterocycles. The molecule has 2 heterocycles. The van der Waals surface area contributed by atoms with Crippen molar-refractivity contribution < 1.29 is 9.18 Å². The topological polar surface area (TPSA) is 54.9 Å². The first-order valence-electron chi connectivity index (χ1n) is 8.97. The third-order valence-corrected chi connectivity index (χ3v) is 6.85. The zero-order chi connectivity index (χ0) is 19.0. The van der Waals surface area contributed by atoms with Crippen molar-refractivity contribution in [2.24, 2.45) is 5.92 Å². The molecule has 140 valence electrons. The lowest BCUT2D eigenvalue weighted by Gasteiger charge is -2.18. The van der Waals surface area contributed by atoms with Gasteiger partial charge in [-0.1, -0.05) is 30.8 Å². The Labute approximate surface area is 165 Å². The first-order valence-corrected chi connectivity index (χ1v) is 10.8. The number of benzene rings is 1. The molecular formula is C20H20FN3OS2. The minimum atomic E-state index is -0.433. The van der Waals surface area contributed by atoms with Gasteiger partial charge < -0.3 is 5.32 Å². The van der Waals surface area contributed by atoms with E-state index in [0.717, 1.165) is 28.1 Å². The number of carbonyl (C=O) groups is 1. The molecule has 1 atom stereocenters. The van der Waals surface area contributed by atoms with E-state index in [4.69, 9.17) is 0 Å². The second kappa shape index (κ2) is 7.56. The number of nitrogens with one attached hydrogen (secondary N) is 1. The van der Waals surface area contributed by atoms with E-state index in [1.807, 2.05) is 6.92 Å². The number of para-hydroxylation sites is 1. The lowest BCUT2D eigenvalue weighted by Crippen LogP contribution is -2.15. The summed E-state index contributed by atoms with van der Waals surface area (Å²) in [5, 5.41) is 4.59. The van der Waals surface area contributed by atoms with Crippen molar-refractivity contribution in [1.29, 1.82) is 0 Å². The van der Waals surface area contributed by atoms with Crippen LogP contribution in [0.2, 0.25) is 0 Å². The molecule has 3 aromatic rings. The van der Waals surface area contributed by atoms with Crippen molar-refractivity contribution in [1.82, 2.24) is 9.97 Å². The SMILES string of the molecule is Cc1nc(SCC(=O)Nc2ccccc2F)c2c3c(sc2n1)CC(C)CC3. The van der Waals surface area contributed by atoms with Gasteiger partial charge in [0, 0.05) is 10.3 Å². The second-order valence-corrected chi connectivity index (χ2v) is 8.97. The fourth-order valence-electron chi connectivity index (χ4n) is 3.40. The Kier molecular flexibility index (Phi) is 5.14. The van der Waals surface area contributed by atoms with Crippen LogP contribution in [0.5, 0.6) is 0 Å². The fraction of sp³-hybridized carbons (Fsp3) is 0.350. The molecule has 4 rings (SSSR count). The maximum absolute atomic E-state index is 13.7. The largest absolute Gasteiger partial charge is 0.323 e. The van der Waals surface area contributed by atoms with Gasteiger partial charge in [0.05, 0.1) is 11.4 Å². The number of thiophene rings is 1. The molecule has 0 saturated heterocycles. The van der Waals surface area contributed by atoms with Gasteiger partial charge in [-0.3, -0.25) is 4.79 Å². The molecule has 1 aromatic carbocycles. The highest BCUT2D eigenvalue weighted by Crippen LogP contribution is 2.40. The lowest BCUT2D eigenvalue weighted by atomic mass is 9.89. The van der Waals surface area contributed by atoms with Crippen molar-refractivity contribution in [3.05, 3.63) is 46.3 Å². The van der Waals surface area contributed by atoms with Gasteiger partial charge in [0.1, 0.15) is 21.5 Å². The highest BCUT2D eigenvalue weighted by Gasteiger charge is 2.24. The van der Waals surface area contributed by atoms with Crippen LogP contribution in [0.4, 0.5) is 10.1 Å². The monoisotopic (exact) mass is 401 g/mol. The number of fused-ring (bicyclic) bond motifs is 3. The van der Waals surface area contributed by atoms with Gasteiger partial charge in [-0.2, -0.15) is 0 Å². The Hall–Kier alpha value is -1.99. The fourth-order valence-corrected chi connectivity index (χ4v) is 5.79. The molecule has 1 aliphatic rings. The van der Waals surface area contributed by atoms with E-state index in [2.05, 4.69) is 22.2 Å². The van der Waals surface area contributed by atoms with Gasteiger partial charge in [0.25, 0.3) is 0 Å². The smallest absolute Gasteiger partial charge is 0.234 e. The van der Waals surface area contributed by atoms with Crippen LogP contribution in [-0.2, 0) is 17.6 Å². The van der Waals surface area contributed by atoms with Crippen molar-refractivity contribution in [2.45, 2.75) is 38.1 Å². The van der Waals surface area contributed by atoms with E-state index in [1.54, 1.807) is 29.5 Å². The Balaban J connectivity index is 1.57. The highest BCUT2D eigenvalue weighted by molar-refractivity contribution is 8.00. The van der Waals surface area contributed by atoms with Crippen molar-refractivity contribution in [3.8, 4) is 0 Å². The summed E-state index contributed by atoms with van der Waals surface area (Å²) >= 11 is 3.15. The van der Waals surface area contributed by atoms with Gasteiger partial charge >= 0.3 is 0 Å². The zero-order valence-corrected chi connectivity index (χ0v) is 16.8. The molecule has 4 nitrogen and oxygen atoms in total. The normalized spacial score (nSPS) is 16.3. The van der Waals surface area contributed by atoms with Crippen LogP contribution in [0, 0.1) is 18.7 Å². The number of carbonyl (C=O) groups excluding carboxylic acids is 1. The lowest BCUT2D eigenvalue weighted by molar-refractivity contribution is -0.113. The third kappa shape index (κ3) is 3.84. The predicted octanol–water partition coefficient (Wildman–Crippen LogP) is 4.99. The molecule has 7 heteroatoms. The number of nitrogens with zero attached hydrogens (tertiary/aromatic N) is 2. The molecule has 0 radical (unpaired) electrons. The maximum Gasteiger partial charge on any atom is 0.234 e. The summed E-state index contributed by atoms with van der Waals surface area (Å²) in [6, 6.07) is 6.18. The number of hydrogen-bond donors (Lipinski definition) is 1. The Morgan fingerprint density at radius 2 is 2.19 bits per heavy atom. The van der Waals surface area contributed by atoms with Crippen LogP contribution < -0.4 is 5.32 Å². The van der Waals surface area contributed by atoms with E-state index in [0.29, 0.717) is 11.7 Å². The van der Waals surface area contributed by atoms with Gasteiger partial charge in [0.15, 0.2) is 0 Å². The van der Waals surface area contributed by atoms with Crippen LogP contribution >= 0.6 is 23.1 Å². The van der Waals surface area contributed by atoms with Crippen molar-refractivity contribution in [3.63, 3.8) is 0 Å². The second-order valence-electron chi connectivity index (χ2n) is 6.92. The number of halogens is 1. The summed E-state index contributed by atoms with van der Waals surface area (Å²) in [5.41, 5.74) is 1.55. The summed E-state index contributed by atoms with van der Waals surface area (Å²) < 4.78 is 13.7. The van der Waals surface area contributed by atoms with Gasteiger partial charge in [-0.15, -0.1) is 11.3 Å². The molecule has 0 spiro atoms. The van der Waals surface area contributed by atoms with Gasteiger partial charge in [-0.05, 0) is 49.8 Å². The van der Waals surface area contributed by atoms with Crippen LogP contribution in [0.25, 0.3) is 10.2 Å². The van der Waals surface area contributed by atoms with Crippen LogP contribution in [0.15, 0.2) is 29.3 Å². The molecular weight excluding hydrogens is 381 g/mol. The first-order chi connectivity index (χ1) is 13.0. The molecule has 0 aliphatic heterocycles. The van der Waals surface area contributed by atoms with Crippen molar-refractivity contribution >= 4 is 44.9 Å². The minimum absolute atomic E-state index is 0.181. The maximum atomic E-state index is 13.7. The summed E-state index contributed by atoms with van der Waals surface area (Å²) in [7, 11) is 0. The zero-order valence-electron chi connectivity index (χ0n) is 15.2. The van der Waals surface area contributed by atoms with Gasteiger partial charge in [-0.25, -0.2) is 14.4 Å². The summed E-state index contributed by atoms with van der Waals surface area (Å²) in [5.74, 6) is 0.916. The number of rotatable bonds is 4. The highest BCUT2D eigenvalue weighted by atomic mass is 32.2. The average molecular weight is 402 g/mol. The summed E-state index contributed by atoms with van der Waals surface area (Å²) in [6.07, 6.45) is 3.30. The van der Waals surface area contributed by atoms with Gasteiger partial charge in [0.2, 0.25) is 5.91 Å². The van der Waals surface area contributed by atoms with Crippen LogP contribution in [-0.4, -0.2) is 21.6 Å². The quantitative estimate of drug-likeness (QED) is 0.494. The first kappa shape index (κ1) is 18.4. The summed E-state index contributed by atoms with van der Waals surface area (Å²) in [6.45, 7) is 4.16. The van der Waals surface area contributed by atoms with E-state index in [1.165, 1.54) is 34.7 Å². The van der Waals surface area contributed by atoms with E-state index >= 15 is 0 Å². The van der Waals surface area contributed by atoms with Crippen LogP contribution in [0.1, 0.15) is 29.6 Å². The van der Waals surface area contributed by atoms with Crippen LogP contribution in [0.3, 0.4) is 0 Å². The minimum Gasteiger partial charge on any atom is -0.323 e. The molecule has 1 N–H and O–H groups in total.